The molecule has 150 valence electrons. The topological polar surface area (TPSA) is 52.6 Å². The predicted molar refractivity (Wildman–Crippen MR) is 101 cm³/mol. The molecular weight excluding hydrogens is 340 g/mol. The predicted octanol–water partition coefficient (Wildman–Crippen LogP) is 4.15. The van der Waals surface area contributed by atoms with Gasteiger partial charge in [-0.05, 0) is 74.0 Å². The van der Waals surface area contributed by atoms with Crippen LogP contribution in [0.15, 0.2) is 0 Å². The molecule has 0 aromatic heterocycles. The summed E-state index contributed by atoms with van der Waals surface area (Å²) in [6.07, 6.45) is 8.82. The number of carbonyl (C=O) groups excluding carboxylic acids is 2. The summed E-state index contributed by atoms with van der Waals surface area (Å²) in [5.74, 6) is 1.81. The highest BCUT2D eigenvalue weighted by atomic mass is 16.5. The van der Waals surface area contributed by atoms with Gasteiger partial charge in [-0.2, -0.15) is 0 Å². The van der Waals surface area contributed by atoms with Gasteiger partial charge in [0.15, 0.2) is 5.78 Å². The van der Waals surface area contributed by atoms with Gasteiger partial charge in [0.25, 0.3) is 0 Å². The molecule has 27 heavy (non-hydrogen) atoms. The monoisotopic (exact) mass is 374 g/mol. The van der Waals surface area contributed by atoms with Gasteiger partial charge in [0.1, 0.15) is 5.60 Å². The molecule has 6 fully saturated rings. The standard InChI is InChI=1S/C23H34O4/c1-13(20(25)26-4)16-7-8-17-18-6-5-14-11-15-9-10-22(14,3)23(18,27-15)19(24)12-21(16,17)2/h13-18H,5-12H2,1-4H3/t13-,14-,15+,16+,17-,18-,21+,22-,23-/m0/s1. The largest absolute Gasteiger partial charge is 0.469 e. The highest BCUT2D eigenvalue weighted by Gasteiger charge is 2.74. The van der Waals surface area contributed by atoms with E-state index in [1.807, 2.05) is 6.92 Å². The van der Waals surface area contributed by atoms with E-state index < -0.39 is 5.60 Å². The van der Waals surface area contributed by atoms with Crippen LogP contribution in [0.4, 0.5) is 0 Å². The molecule has 4 bridgehead atoms. The van der Waals surface area contributed by atoms with Crippen LogP contribution in [0.3, 0.4) is 0 Å². The van der Waals surface area contributed by atoms with Crippen molar-refractivity contribution in [3.05, 3.63) is 0 Å². The summed E-state index contributed by atoms with van der Waals surface area (Å²) < 4.78 is 11.8. The number of ketones is 1. The first-order valence-electron chi connectivity index (χ1n) is 11.1. The van der Waals surface area contributed by atoms with Gasteiger partial charge in [-0.15, -0.1) is 0 Å². The first kappa shape index (κ1) is 18.1. The first-order valence-corrected chi connectivity index (χ1v) is 11.1. The van der Waals surface area contributed by atoms with Crippen molar-refractivity contribution in [2.24, 2.45) is 40.4 Å². The molecule has 4 aliphatic carbocycles. The molecule has 1 spiro atoms. The van der Waals surface area contributed by atoms with Crippen LogP contribution in [-0.2, 0) is 19.1 Å². The van der Waals surface area contributed by atoms with Gasteiger partial charge in [0, 0.05) is 11.8 Å². The number of hydrogen-bond acceptors (Lipinski definition) is 4. The fourth-order valence-corrected chi connectivity index (χ4v) is 8.83. The third-order valence-electron chi connectivity index (χ3n) is 10.1. The summed E-state index contributed by atoms with van der Waals surface area (Å²) >= 11 is 0. The van der Waals surface area contributed by atoms with Crippen molar-refractivity contribution in [3.8, 4) is 0 Å². The van der Waals surface area contributed by atoms with E-state index in [9.17, 15) is 9.59 Å². The van der Waals surface area contributed by atoms with Crippen molar-refractivity contribution in [1.29, 1.82) is 0 Å². The summed E-state index contributed by atoms with van der Waals surface area (Å²) in [5, 5.41) is 0. The molecule has 4 heteroatoms. The molecule has 6 aliphatic rings. The third kappa shape index (κ3) is 1.99. The number of carbonyl (C=O) groups is 2. The van der Waals surface area contributed by atoms with E-state index >= 15 is 0 Å². The third-order valence-corrected chi connectivity index (χ3v) is 10.1. The number of ether oxygens (including phenoxy) is 2. The van der Waals surface area contributed by atoms with Gasteiger partial charge in [-0.3, -0.25) is 9.59 Å². The molecule has 0 aromatic rings. The molecule has 2 heterocycles. The van der Waals surface area contributed by atoms with E-state index in [4.69, 9.17) is 9.47 Å². The minimum Gasteiger partial charge on any atom is -0.469 e. The Bertz CT molecular complexity index is 688. The Balaban J connectivity index is 1.55. The highest BCUT2D eigenvalue weighted by Crippen LogP contribution is 2.72. The lowest BCUT2D eigenvalue weighted by Crippen LogP contribution is -2.75. The maximum absolute atomic E-state index is 13.9. The fraction of sp³-hybridized carbons (Fsp3) is 0.913. The fourth-order valence-electron chi connectivity index (χ4n) is 8.83. The lowest BCUT2D eigenvalue weighted by atomic mass is 9.40. The summed E-state index contributed by atoms with van der Waals surface area (Å²) in [6, 6.07) is 0. The normalized spacial score (nSPS) is 54.2. The Labute approximate surface area is 162 Å². The minimum absolute atomic E-state index is 0.0229. The molecule has 2 saturated heterocycles. The Morgan fingerprint density at radius 1 is 1.15 bits per heavy atom. The zero-order valence-corrected chi connectivity index (χ0v) is 17.3. The number of hydrogen-bond donors (Lipinski definition) is 0. The van der Waals surface area contributed by atoms with E-state index in [1.54, 1.807) is 0 Å². The van der Waals surface area contributed by atoms with Gasteiger partial charge in [0.2, 0.25) is 0 Å². The van der Waals surface area contributed by atoms with Crippen LogP contribution < -0.4 is 0 Å². The molecule has 6 rings (SSSR count). The van der Waals surface area contributed by atoms with Crippen molar-refractivity contribution >= 4 is 11.8 Å². The van der Waals surface area contributed by atoms with Crippen LogP contribution in [0, 0.1) is 40.4 Å². The van der Waals surface area contributed by atoms with Crippen molar-refractivity contribution in [3.63, 3.8) is 0 Å². The van der Waals surface area contributed by atoms with E-state index in [0.29, 0.717) is 36.1 Å². The quantitative estimate of drug-likeness (QED) is 0.681. The average molecular weight is 375 g/mol. The van der Waals surface area contributed by atoms with E-state index in [-0.39, 0.29) is 28.6 Å². The second-order valence-electron chi connectivity index (χ2n) is 10.8. The van der Waals surface area contributed by atoms with Crippen LogP contribution in [0.25, 0.3) is 0 Å². The summed E-state index contributed by atoms with van der Waals surface area (Å²) in [4.78, 5) is 26.1. The highest BCUT2D eigenvalue weighted by molar-refractivity contribution is 5.91. The van der Waals surface area contributed by atoms with Crippen molar-refractivity contribution in [2.45, 2.75) is 83.8 Å². The Hall–Kier alpha value is -0.900. The molecule has 0 unspecified atom stereocenters. The number of esters is 1. The molecule has 0 radical (unpaired) electrons. The average Bonchev–Trinajstić information content (AvgIpc) is 2.96. The molecular formula is C23H34O4. The minimum atomic E-state index is -0.537. The van der Waals surface area contributed by atoms with Gasteiger partial charge in [0.05, 0.1) is 19.1 Å². The molecule has 2 aliphatic heterocycles. The molecule has 0 amide bonds. The Kier molecular flexibility index (Phi) is 3.75. The molecule has 4 saturated carbocycles. The zero-order valence-electron chi connectivity index (χ0n) is 17.3. The maximum atomic E-state index is 13.9. The summed E-state index contributed by atoms with van der Waals surface area (Å²) in [6.45, 7) is 6.65. The number of fused-ring (bicyclic) bond motifs is 3. The van der Waals surface area contributed by atoms with Gasteiger partial charge < -0.3 is 9.47 Å². The summed E-state index contributed by atoms with van der Waals surface area (Å²) in [5.41, 5.74) is -0.608. The van der Waals surface area contributed by atoms with Crippen LogP contribution in [0.5, 0.6) is 0 Å². The second-order valence-corrected chi connectivity index (χ2v) is 10.8. The van der Waals surface area contributed by atoms with Crippen LogP contribution in [0.2, 0.25) is 0 Å². The van der Waals surface area contributed by atoms with Crippen LogP contribution >= 0.6 is 0 Å². The molecule has 9 atom stereocenters. The maximum Gasteiger partial charge on any atom is 0.308 e. The van der Waals surface area contributed by atoms with E-state index in [0.717, 1.165) is 38.5 Å². The lowest BCUT2D eigenvalue weighted by molar-refractivity contribution is -0.307. The van der Waals surface area contributed by atoms with Crippen molar-refractivity contribution < 1.29 is 19.1 Å². The van der Waals surface area contributed by atoms with Gasteiger partial charge >= 0.3 is 5.97 Å². The number of methoxy groups -OCH3 is 1. The Morgan fingerprint density at radius 2 is 1.89 bits per heavy atom. The SMILES string of the molecule is COC(=O)[C@@H](C)[C@H]1CC[C@H]2[C@@H]3CC[C@H]4C[C@H]5CC[C@]4(C)[C@@]3(O5)C(=O)C[C@]12C. The number of rotatable bonds is 2. The smallest absolute Gasteiger partial charge is 0.308 e. The molecule has 4 nitrogen and oxygen atoms in total. The molecule has 0 aromatic carbocycles. The number of Topliss-reactive ketones (excluding diaryl/α,β-unsaturated/α-hetero) is 1. The Morgan fingerprint density at radius 3 is 2.63 bits per heavy atom. The summed E-state index contributed by atoms with van der Waals surface area (Å²) in [7, 11) is 1.48. The van der Waals surface area contributed by atoms with Crippen molar-refractivity contribution in [2.75, 3.05) is 7.11 Å². The van der Waals surface area contributed by atoms with E-state index in [1.165, 1.54) is 13.5 Å². The first-order chi connectivity index (χ1) is 12.8. The van der Waals surface area contributed by atoms with Crippen molar-refractivity contribution in [1.82, 2.24) is 0 Å². The van der Waals surface area contributed by atoms with Crippen LogP contribution in [-0.4, -0.2) is 30.6 Å². The lowest BCUT2D eigenvalue weighted by Gasteiger charge is -2.70. The van der Waals surface area contributed by atoms with E-state index in [2.05, 4.69) is 13.8 Å². The molecule has 0 N–H and O–H groups in total. The van der Waals surface area contributed by atoms with Crippen LogP contribution in [0.1, 0.15) is 72.1 Å². The van der Waals surface area contributed by atoms with Gasteiger partial charge in [-0.25, -0.2) is 0 Å². The zero-order chi connectivity index (χ0) is 19.2. The van der Waals surface area contributed by atoms with Gasteiger partial charge in [-0.1, -0.05) is 20.8 Å². The second kappa shape index (κ2) is 5.58.